The molecule has 2 aliphatic rings. The van der Waals surface area contributed by atoms with Crippen LogP contribution in [0.2, 0.25) is 0 Å². The van der Waals surface area contributed by atoms with Gasteiger partial charge in [0.05, 0.1) is 11.4 Å². The molecule has 44 heavy (non-hydrogen) atoms. The molecule has 2 aromatic heterocycles. The van der Waals surface area contributed by atoms with Crippen LogP contribution in [-0.4, -0.2) is 19.9 Å². The first-order valence-electron chi connectivity index (χ1n) is 15.6. The maximum atomic E-state index is 5.15. The normalized spacial score (nSPS) is 14.7. The van der Waals surface area contributed by atoms with Gasteiger partial charge >= 0.3 is 0 Å². The van der Waals surface area contributed by atoms with Crippen molar-refractivity contribution in [2.24, 2.45) is 0 Å². The van der Waals surface area contributed by atoms with E-state index in [0.717, 1.165) is 78.7 Å². The van der Waals surface area contributed by atoms with E-state index in [1.165, 1.54) is 36.8 Å². The van der Waals surface area contributed by atoms with Crippen LogP contribution in [0.25, 0.3) is 66.8 Å². The fourth-order valence-corrected chi connectivity index (χ4v) is 6.60. The van der Waals surface area contributed by atoms with Gasteiger partial charge in [0.1, 0.15) is 0 Å². The molecular formula is C40H30N4. The highest BCUT2D eigenvalue weighted by molar-refractivity contribution is 6.20. The molecule has 2 heterocycles. The van der Waals surface area contributed by atoms with E-state index in [1.54, 1.807) is 0 Å². The maximum Gasteiger partial charge on any atom is 0.159 e. The second-order valence-corrected chi connectivity index (χ2v) is 12.2. The highest BCUT2D eigenvalue weighted by Gasteiger charge is 2.24. The number of hydrogen-bond acceptors (Lipinski definition) is 4. The molecule has 2 fully saturated rings. The van der Waals surface area contributed by atoms with Crippen LogP contribution >= 0.6 is 0 Å². The number of rotatable bonds is 6. The molecule has 2 aliphatic carbocycles. The average molecular weight is 567 g/mol. The summed E-state index contributed by atoms with van der Waals surface area (Å²) in [5.41, 5.74) is 8.98. The molecule has 0 unspecified atom stereocenters. The van der Waals surface area contributed by atoms with E-state index in [1.807, 2.05) is 24.5 Å². The zero-order valence-electron chi connectivity index (χ0n) is 24.3. The fourth-order valence-electron chi connectivity index (χ4n) is 6.60. The molecule has 0 bridgehead atoms. The topological polar surface area (TPSA) is 51.6 Å². The van der Waals surface area contributed by atoms with Gasteiger partial charge in [0.15, 0.2) is 11.6 Å². The SMILES string of the molecule is c1ccc2c(-c3ccnc(-c4ccc(C5CC5)cc4)n3)c3ccccc3c(-c3ccnc(-c4ccc(C5CC5)cc4)n3)c2c1. The third-order valence-electron chi connectivity index (χ3n) is 9.19. The van der Waals surface area contributed by atoms with E-state index in [4.69, 9.17) is 9.97 Å². The Bertz CT molecular complexity index is 1960. The fraction of sp³-hybridized carbons (Fsp3) is 0.150. The summed E-state index contributed by atoms with van der Waals surface area (Å²) in [7, 11) is 0. The van der Waals surface area contributed by atoms with Gasteiger partial charge in [0.25, 0.3) is 0 Å². The molecule has 0 N–H and O–H groups in total. The Morgan fingerprint density at radius 3 is 1.11 bits per heavy atom. The largest absolute Gasteiger partial charge is 0.237 e. The molecule has 9 rings (SSSR count). The first kappa shape index (κ1) is 25.3. The monoisotopic (exact) mass is 566 g/mol. The summed E-state index contributed by atoms with van der Waals surface area (Å²) in [6.07, 6.45) is 8.96. The van der Waals surface area contributed by atoms with Crippen molar-refractivity contribution in [1.82, 2.24) is 19.9 Å². The minimum absolute atomic E-state index is 0.728. The van der Waals surface area contributed by atoms with Gasteiger partial charge in [-0.1, -0.05) is 97.1 Å². The number of aromatic nitrogens is 4. The van der Waals surface area contributed by atoms with Gasteiger partial charge in [-0.2, -0.15) is 0 Å². The highest BCUT2D eigenvalue weighted by atomic mass is 14.9. The van der Waals surface area contributed by atoms with Crippen LogP contribution in [0, 0.1) is 0 Å². The summed E-state index contributed by atoms with van der Waals surface area (Å²) in [5, 5.41) is 4.57. The van der Waals surface area contributed by atoms with Gasteiger partial charge in [-0.25, -0.2) is 19.9 Å². The standard InChI is InChI=1S/C40H30N4/c1-2-6-32-31(5-1)37(35-21-23-41-39(43-35)29-17-13-27(14-18-29)25-9-10-25)33-7-3-4-8-34(33)38(32)36-22-24-42-40(44-36)30-19-15-28(16-20-30)26-11-12-26/h1-8,13-26H,9-12H2. The Morgan fingerprint density at radius 1 is 0.409 bits per heavy atom. The number of nitrogens with zero attached hydrogens (tertiary/aromatic N) is 4. The van der Waals surface area contributed by atoms with Crippen LogP contribution in [0.1, 0.15) is 48.6 Å². The zero-order chi connectivity index (χ0) is 29.0. The quantitative estimate of drug-likeness (QED) is 0.188. The predicted octanol–water partition coefficient (Wildman–Crippen LogP) is 10.00. The lowest BCUT2D eigenvalue weighted by molar-refractivity contribution is 1.12. The van der Waals surface area contributed by atoms with E-state index in [-0.39, 0.29) is 0 Å². The van der Waals surface area contributed by atoms with Crippen molar-refractivity contribution < 1.29 is 0 Å². The van der Waals surface area contributed by atoms with Crippen molar-refractivity contribution in [2.45, 2.75) is 37.5 Å². The lowest BCUT2D eigenvalue weighted by atomic mass is 9.89. The van der Waals surface area contributed by atoms with Crippen molar-refractivity contribution in [3.05, 3.63) is 133 Å². The molecule has 7 aromatic rings. The molecule has 0 saturated heterocycles. The summed E-state index contributed by atoms with van der Waals surface area (Å²) in [6.45, 7) is 0. The Hall–Kier alpha value is -5.22. The first-order chi connectivity index (χ1) is 21.8. The molecule has 4 nitrogen and oxygen atoms in total. The van der Waals surface area contributed by atoms with Gasteiger partial charge in [-0.05, 0) is 82.3 Å². The Morgan fingerprint density at radius 2 is 0.773 bits per heavy atom. The number of hydrogen-bond donors (Lipinski definition) is 0. The van der Waals surface area contributed by atoms with Crippen molar-refractivity contribution in [2.75, 3.05) is 0 Å². The van der Waals surface area contributed by atoms with E-state index in [9.17, 15) is 0 Å². The Balaban J connectivity index is 1.20. The van der Waals surface area contributed by atoms with Gasteiger partial charge < -0.3 is 0 Å². The van der Waals surface area contributed by atoms with Crippen LogP contribution in [0.15, 0.2) is 122 Å². The van der Waals surface area contributed by atoms with Gasteiger partial charge in [0.2, 0.25) is 0 Å². The number of benzene rings is 5. The number of fused-ring (bicyclic) bond motifs is 2. The van der Waals surface area contributed by atoms with E-state index in [2.05, 4.69) is 107 Å². The predicted molar refractivity (Wildman–Crippen MR) is 178 cm³/mol. The molecular weight excluding hydrogens is 536 g/mol. The van der Waals surface area contributed by atoms with Crippen molar-refractivity contribution >= 4 is 21.5 Å². The summed E-state index contributed by atoms with van der Waals surface area (Å²) in [5.74, 6) is 2.95. The average Bonchev–Trinajstić information content (AvgIpc) is 4.02. The minimum atomic E-state index is 0.728. The van der Waals surface area contributed by atoms with Crippen LogP contribution in [-0.2, 0) is 0 Å². The van der Waals surface area contributed by atoms with E-state index >= 15 is 0 Å². The lowest BCUT2D eigenvalue weighted by Gasteiger charge is -2.17. The summed E-state index contributed by atoms with van der Waals surface area (Å²) < 4.78 is 0. The molecule has 0 radical (unpaired) electrons. The van der Waals surface area contributed by atoms with E-state index in [0.29, 0.717) is 0 Å². The van der Waals surface area contributed by atoms with Crippen LogP contribution < -0.4 is 0 Å². The smallest absolute Gasteiger partial charge is 0.159 e. The molecule has 0 atom stereocenters. The summed E-state index contributed by atoms with van der Waals surface area (Å²) >= 11 is 0. The Kier molecular flexibility index (Phi) is 5.86. The molecule has 4 heteroatoms. The van der Waals surface area contributed by atoms with Crippen molar-refractivity contribution in [1.29, 1.82) is 0 Å². The second kappa shape index (κ2) is 10.2. The Labute approximate surface area is 256 Å². The third kappa shape index (κ3) is 4.46. The van der Waals surface area contributed by atoms with Crippen molar-refractivity contribution in [3.63, 3.8) is 0 Å². The highest BCUT2D eigenvalue weighted by Crippen LogP contribution is 2.44. The maximum absolute atomic E-state index is 5.15. The molecule has 0 spiro atoms. The van der Waals surface area contributed by atoms with Crippen LogP contribution in [0.5, 0.6) is 0 Å². The minimum Gasteiger partial charge on any atom is -0.237 e. The molecule has 5 aromatic carbocycles. The van der Waals surface area contributed by atoms with Gasteiger partial charge in [0, 0.05) is 34.6 Å². The first-order valence-corrected chi connectivity index (χ1v) is 15.6. The molecule has 0 aliphatic heterocycles. The lowest BCUT2D eigenvalue weighted by Crippen LogP contribution is -1.97. The third-order valence-corrected chi connectivity index (χ3v) is 9.19. The van der Waals surface area contributed by atoms with Gasteiger partial charge in [-0.3, -0.25) is 0 Å². The van der Waals surface area contributed by atoms with E-state index < -0.39 is 0 Å². The van der Waals surface area contributed by atoms with Crippen LogP contribution in [0.3, 0.4) is 0 Å². The zero-order valence-corrected chi connectivity index (χ0v) is 24.3. The second-order valence-electron chi connectivity index (χ2n) is 12.2. The molecule has 210 valence electrons. The molecule has 2 saturated carbocycles. The summed E-state index contributed by atoms with van der Waals surface area (Å²) in [4.78, 5) is 19.7. The van der Waals surface area contributed by atoms with Gasteiger partial charge in [-0.15, -0.1) is 0 Å². The summed E-state index contributed by atoms with van der Waals surface area (Å²) in [6, 6.07) is 38.9. The van der Waals surface area contributed by atoms with Crippen molar-refractivity contribution in [3.8, 4) is 45.3 Å². The molecule has 0 amide bonds. The van der Waals surface area contributed by atoms with Crippen LogP contribution in [0.4, 0.5) is 0 Å².